The molecule has 9 heteroatoms. The molecule has 50 heavy (non-hydrogen) atoms. The molecule has 1 saturated heterocycles. The smallest absolute Gasteiger partial charge is 0.320 e. The van der Waals surface area contributed by atoms with Gasteiger partial charge in [0, 0.05) is 34.9 Å². The highest BCUT2D eigenvalue weighted by Gasteiger charge is 2.38. The van der Waals surface area contributed by atoms with Gasteiger partial charge >= 0.3 is 5.97 Å². The summed E-state index contributed by atoms with van der Waals surface area (Å²) in [5.74, 6) is 0.925. The zero-order valence-electron chi connectivity index (χ0n) is 29.6. The molecule has 1 aliphatic carbocycles. The van der Waals surface area contributed by atoms with Gasteiger partial charge in [0.15, 0.2) is 5.82 Å². The van der Waals surface area contributed by atoms with E-state index in [1.165, 1.54) is 49.0 Å². The fraction of sp³-hybridized carbons (Fsp3) is 0.463. The molecule has 3 heterocycles. The second-order valence-corrected chi connectivity index (χ2v) is 16.2. The highest BCUT2D eigenvalue weighted by molar-refractivity contribution is 7.14. The number of aliphatic hydroxyl groups is 1. The van der Waals surface area contributed by atoms with E-state index in [1.54, 1.807) is 4.90 Å². The van der Waals surface area contributed by atoms with Crippen LogP contribution in [0, 0.1) is 5.92 Å². The molecular weight excluding hydrogens is 645 g/mol. The Morgan fingerprint density at radius 2 is 1.56 bits per heavy atom. The lowest BCUT2D eigenvalue weighted by Gasteiger charge is -2.33. The number of carboxylic acid groups (broad SMARTS) is 1. The van der Waals surface area contributed by atoms with E-state index in [0.717, 1.165) is 33.0 Å². The number of aliphatic carboxylic acids is 1. The fourth-order valence-corrected chi connectivity index (χ4v) is 8.42. The van der Waals surface area contributed by atoms with Crippen molar-refractivity contribution >= 4 is 23.2 Å². The van der Waals surface area contributed by atoms with Gasteiger partial charge in [0.2, 0.25) is 0 Å². The van der Waals surface area contributed by atoms with Gasteiger partial charge in [-0.05, 0) is 91.0 Å². The van der Waals surface area contributed by atoms with Gasteiger partial charge < -0.3 is 15.5 Å². The van der Waals surface area contributed by atoms with Crippen LogP contribution in [0.3, 0.4) is 0 Å². The summed E-state index contributed by atoms with van der Waals surface area (Å²) in [6.07, 6.45) is 10.5. The number of nitrogens with one attached hydrogen (secondary N) is 1. The minimum absolute atomic E-state index is 0.0866. The summed E-state index contributed by atoms with van der Waals surface area (Å²) < 4.78 is 0. The Morgan fingerprint density at radius 3 is 2.16 bits per heavy atom. The standard InChI is InChI=1S/C41H50N4O4S/c1-5-26-8-12-28(13-9-26)29-16-18-30(19-17-29)32-24-42-37(43-25-32)31-14-10-27(11-15-31)23-33(39(47)45-22-6-7-34(45)40(48)49)44-38(46)35-20-21-36(50-35)41(2,3)4/h10-11,14-21,24-26,28,33-34,39,47H,5-9,12-13,22-23H2,1-4H3,(H,44,46)(H,48,49)/t26?,28?,33-,34-,39?/m0/s1. The van der Waals surface area contributed by atoms with Crippen molar-refractivity contribution in [2.75, 3.05) is 6.54 Å². The van der Waals surface area contributed by atoms with Gasteiger partial charge in [-0.2, -0.15) is 0 Å². The third-order valence-corrected chi connectivity index (χ3v) is 12.1. The van der Waals surface area contributed by atoms with Crippen LogP contribution < -0.4 is 5.32 Å². The van der Waals surface area contributed by atoms with Crippen LogP contribution in [0.25, 0.3) is 22.5 Å². The largest absolute Gasteiger partial charge is 0.480 e. The van der Waals surface area contributed by atoms with Gasteiger partial charge in [-0.3, -0.25) is 14.5 Å². The van der Waals surface area contributed by atoms with Crippen LogP contribution in [-0.2, 0) is 16.6 Å². The van der Waals surface area contributed by atoms with Gasteiger partial charge in [-0.1, -0.05) is 82.6 Å². The number of carbonyl (C=O) groups is 2. The Hall–Kier alpha value is -3.92. The molecule has 3 N–H and O–H groups in total. The third-order valence-electron chi connectivity index (χ3n) is 10.6. The molecule has 0 spiro atoms. The molecule has 1 unspecified atom stereocenters. The number of amides is 1. The lowest BCUT2D eigenvalue weighted by Crippen LogP contribution is -2.55. The molecule has 1 amide bonds. The molecule has 3 atom stereocenters. The van der Waals surface area contributed by atoms with Crippen LogP contribution in [0.5, 0.6) is 0 Å². The van der Waals surface area contributed by atoms with Crippen LogP contribution >= 0.6 is 11.3 Å². The van der Waals surface area contributed by atoms with Crippen molar-refractivity contribution in [3.05, 3.63) is 93.9 Å². The average molecular weight is 695 g/mol. The van der Waals surface area contributed by atoms with E-state index in [-0.39, 0.29) is 11.3 Å². The van der Waals surface area contributed by atoms with E-state index in [1.807, 2.05) is 48.8 Å². The molecule has 1 saturated carbocycles. The number of aromatic nitrogens is 2. The molecule has 0 bridgehead atoms. The highest BCUT2D eigenvalue weighted by Crippen LogP contribution is 2.37. The normalized spacial score (nSPS) is 21.1. The molecule has 8 nitrogen and oxygen atoms in total. The maximum atomic E-state index is 13.4. The number of benzene rings is 2. The predicted octanol–water partition coefficient (Wildman–Crippen LogP) is 8.06. The zero-order valence-corrected chi connectivity index (χ0v) is 30.5. The number of nitrogens with zero attached hydrogens (tertiary/aromatic N) is 3. The Labute approximate surface area is 300 Å². The number of aliphatic hydroxyl groups excluding tert-OH is 1. The van der Waals surface area contributed by atoms with E-state index in [9.17, 15) is 19.8 Å². The summed E-state index contributed by atoms with van der Waals surface area (Å²) >= 11 is 1.44. The monoisotopic (exact) mass is 694 g/mol. The van der Waals surface area contributed by atoms with E-state index < -0.39 is 24.3 Å². The van der Waals surface area contributed by atoms with Crippen LogP contribution in [0.15, 0.2) is 73.1 Å². The number of rotatable bonds is 11. The Morgan fingerprint density at radius 1 is 0.900 bits per heavy atom. The first kappa shape index (κ1) is 35.9. The van der Waals surface area contributed by atoms with Gasteiger partial charge in [0.1, 0.15) is 12.3 Å². The molecule has 264 valence electrons. The van der Waals surface area contributed by atoms with Crippen molar-refractivity contribution in [2.24, 2.45) is 5.92 Å². The lowest BCUT2D eigenvalue weighted by molar-refractivity contribution is -0.147. The third kappa shape index (κ3) is 8.33. The molecule has 2 aromatic heterocycles. The second kappa shape index (κ2) is 15.5. The summed E-state index contributed by atoms with van der Waals surface area (Å²) in [4.78, 5) is 38.0. The molecule has 2 fully saturated rings. The minimum Gasteiger partial charge on any atom is -0.480 e. The fourth-order valence-electron chi connectivity index (χ4n) is 7.46. The molecule has 6 rings (SSSR count). The van der Waals surface area contributed by atoms with Crippen LogP contribution in [0.4, 0.5) is 0 Å². The van der Waals surface area contributed by atoms with E-state index in [4.69, 9.17) is 0 Å². The second-order valence-electron chi connectivity index (χ2n) is 15.1. The average Bonchev–Trinajstić information content (AvgIpc) is 3.83. The maximum absolute atomic E-state index is 13.4. The predicted molar refractivity (Wildman–Crippen MR) is 199 cm³/mol. The summed E-state index contributed by atoms with van der Waals surface area (Å²) in [7, 11) is 0. The van der Waals surface area contributed by atoms with E-state index >= 15 is 0 Å². The number of thiophene rings is 1. The van der Waals surface area contributed by atoms with Crippen molar-refractivity contribution in [3.63, 3.8) is 0 Å². The first-order valence-corrected chi connectivity index (χ1v) is 18.9. The Kier molecular flexibility index (Phi) is 11.2. The highest BCUT2D eigenvalue weighted by atomic mass is 32.1. The summed E-state index contributed by atoms with van der Waals surface area (Å²) in [6.45, 7) is 9.07. The van der Waals surface area contributed by atoms with Crippen molar-refractivity contribution in [1.82, 2.24) is 20.2 Å². The van der Waals surface area contributed by atoms with Crippen molar-refractivity contribution in [3.8, 4) is 22.5 Å². The number of carboxylic acids is 1. The van der Waals surface area contributed by atoms with Gasteiger partial charge in [0.05, 0.1) is 10.9 Å². The summed E-state index contributed by atoms with van der Waals surface area (Å²) in [6, 6.07) is 19.0. The molecule has 2 aromatic carbocycles. The van der Waals surface area contributed by atoms with Crippen LogP contribution in [0.2, 0.25) is 0 Å². The van der Waals surface area contributed by atoms with E-state index in [0.29, 0.717) is 42.4 Å². The number of likely N-dealkylation sites (tertiary alicyclic amines) is 1. The maximum Gasteiger partial charge on any atom is 0.320 e. The van der Waals surface area contributed by atoms with Crippen molar-refractivity contribution in [1.29, 1.82) is 0 Å². The van der Waals surface area contributed by atoms with Gasteiger partial charge in [-0.15, -0.1) is 11.3 Å². The van der Waals surface area contributed by atoms with Gasteiger partial charge in [-0.25, -0.2) is 9.97 Å². The van der Waals surface area contributed by atoms with Crippen molar-refractivity contribution in [2.45, 2.75) is 109 Å². The quantitative estimate of drug-likeness (QED) is 0.146. The van der Waals surface area contributed by atoms with Crippen LogP contribution in [-0.4, -0.2) is 61.8 Å². The molecular formula is C41H50N4O4S. The van der Waals surface area contributed by atoms with Crippen molar-refractivity contribution < 1.29 is 19.8 Å². The zero-order chi connectivity index (χ0) is 35.4. The SMILES string of the molecule is CCC1CCC(c2ccc(-c3cnc(-c4ccc(C[C@H](NC(=O)c5ccc(C(C)(C)C)s5)C(O)N5CCC[C@H]5C(=O)O)cc4)nc3)cc2)CC1. The Bertz CT molecular complexity index is 1740. The molecule has 4 aromatic rings. The topological polar surface area (TPSA) is 116 Å². The first-order chi connectivity index (χ1) is 24.0. The summed E-state index contributed by atoms with van der Waals surface area (Å²) in [5, 5.41) is 24.3. The minimum atomic E-state index is -1.16. The lowest BCUT2D eigenvalue weighted by atomic mass is 9.78. The number of carbonyl (C=O) groups excluding carboxylic acids is 1. The van der Waals surface area contributed by atoms with Gasteiger partial charge in [0.25, 0.3) is 5.91 Å². The Balaban J connectivity index is 1.14. The molecule has 2 aliphatic rings. The molecule has 1 aliphatic heterocycles. The first-order valence-electron chi connectivity index (χ1n) is 18.1. The molecule has 0 radical (unpaired) electrons. The summed E-state index contributed by atoms with van der Waals surface area (Å²) in [5.41, 5.74) is 5.17. The number of hydrogen-bond donors (Lipinski definition) is 3. The van der Waals surface area contributed by atoms with Crippen LogP contribution in [0.1, 0.15) is 104 Å². The van der Waals surface area contributed by atoms with E-state index in [2.05, 4.69) is 67.2 Å². The number of hydrogen-bond acceptors (Lipinski definition) is 7.